The summed E-state index contributed by atoms with van der Waals surface area (Å²) in [5, 5.41) is 2.97. The molecule has 2 unspecified atom stereocenters. The summed E-state index contributed by atoms with van der Waals surface area (Å²) in [7, 11) is 0. The van der Waals surface area contributed by atoms with Crippen LogP contribution in [0.3, 0.4) is 0 Å². The van der Waals surface area contributed by atoms with E-state index in [1.54, 1.807) is 12.3 Å². The first-order chi connectivity index (χ1) is 8.66. The van der Waals surface area contributed by atoms with Crippen molar-refractivity contribution in [3.63, 3.8) is 0 Å². The molecule has 0 radical (unpaired) electrons. The third-order valence-electron chi connectivity index (χ3n) is 3.70. The van der Waals surface area contributed by atoms with E-state index < -0.39 is 0 Å². The number of nitrogen functional groups attached to an aromatic ring is 1. The van der Waals surface area contributed by atoms with Gasteiger partial charge in [-0.2, -0.15) is 0 Å². The molecule has 1 aliphatic rings. The van der Waals surface area contributed by atoms with Crippen LogP contribution in [-0.2, 0) is 0 Å². The van der Waals surface area contributed by atoms with Gasteiger partial charge in [-0.15, -0.1) is 12.4 Å². The Labute approximate surface area is 120 Å². The predicted molar refractivity (Wildman–Crippen MR) is 79.4 cm³/mol. The van der Waals surface area contributed by atoms with Gasteiger partial charge in [0, 0.05) is 24.6 Å². The SMILES string of the molecule is CC1CCCC(CNC(=O)c2cnccc2N)C1.Cl. The van der Waals surface area contributed by atoms with E-state index >= 15 is 0 Å². The first-order valence-corrected chi connectivity index (χ1v) is 6.64. The average Bonchev–Trinajstić information content (AvgIpc) is 2.37. The van der Waals surface area contributed by atoms with Crippen LogP contribution in [0.4, 0.5) is 5.69 Å². The van der Waals surface area contributed by atoms with Crippen molar-refractivity contribution in [2.45, 2.75) is 32.6 Å². The van der Waals surface area contributed by atoms with Gasteiger partial charge in [0.25, 0.3) is 5.91 Å². The number of aromatic nitrogens is 1. The molecule has 19 heavy (non-hydrogen) atoms. The van der Waals surface area contributed by atoms with Crippen molar-refractivity contribution >= 4 is 24.0 Å². The molecule has 0 aliphatic heterocycles. The molecular formula is C14H22ClN3O. The Morgan fingerprint density at radius 1 is 1.53 bits per heavy atom. The molecule has 106 valence electrons. The zero-order valence-corrected chi connectivity index (χ0v) is 12.1. The summed E-state index contributed by atoms with van der Waals surface area (Å²) in [5.41, 5.74) is 6.71. The molecule has 5 heteroatoms. The molecule has 0 aromatic carbocycles. The topological polar surface area (TPSA) is 68.0 Å². The molecule has 4 nitrogen and oxygen atoms in total. The first-order valence-electron chi connectivity index (χ1n) is 6.64. The van der Waals surface area contributed by atoms with Crippen molar-refractivity contribution in [1.29, 1.82) is 0 Å². The van der Waals surface area contributed by atoms with E-state index in [4.69, 9.17) is 5.73 Å². The van der Waals surface area contributed by atoms with Crippen LogP contribution < -0.4 is 11.1 Å². The lowest BCUT2D eigenvalue weighted by atomic mass is 9.82. The molecule has 0 spiro atoms. The van der Waals surface area contributed by atoms with Crippen LogP contribution in [0.1, 0.15) is 43.0 Å². The Morgan fingerprint density at radius 3 is 3.00 bits per heavy atom. The third kappa shape index (κ3) is 4.39. The van der Waals surface area contributed by atoms with Crippen LogP contribution >= 0.6 is 12.4 Å². The highest BCUT2D eigenvalue weighted by Gasteiger charge is 2.19. The van der Waals surface area contributed by atoms with Gasteiger partial charge >= 0.3 is 0 Å². The van der Waals surface area contributed by atoms with Crippen LogP contribution in [0.5, 0.6) is 0 Å². The summed E-state index contributed by atoms with van der Waals surface area (Å²) in [5.74, 6) is 1.28. The Bertz CT molecular complexity index is 425. The van der Waals surface area contributed by atoms with Crippen LogP contribution in [-0.4, -0.2) is 17.4 Å². The monoisotopic (exact) mass is 283 g/mol. The van der Waals surface area contributed by atoms with Crippen molar-refractivity contribution < 1.29 is 4.79 Å². The largest absolute Gasteiger partial charge is 0.398 e. The van der Waals surface area contributed by atoms with E-state index in [0.717, 1.165) is 12.5 Å². The quantitative estimate of drug-likeness (QED) is 0.896. The lowest BCUT2D eigenvalue weighted by Gasteiger charge is -2.26. The molecule has 0 saturated heterocycles. The molecule has 3 N–H and O–H groups in total. The number of carbonyl (C=O) groups excluding carboxylic acids is 1. The van der Waals surface area contributed by atoms with Crippen LogP contribution in [0.2, 0.25) is 0 Å². The van der Waals surface area contributed by atoms with Crippen LogP contribution in [0, 0.1) is 11.8 Å². The number of nitrogens with zero attached hydrogens (tertiary/aromatic N) is 1. The zero-order valence-electron chi connectivity index (χ0n) is 11.3. The maximum absolute atomic E-state index is 12.0. The van der Waals surface area contributed by atoms with Crippen molar-refractivity contribution in [2.75, 3.05) is 12.3 Å². The van der Waals surface area contributed by atoms with Gasteiger partial charge in [-0.1, -0.05) is 19.8 Å². The van der Waals surface area contributed by atoms with Crippen molar-refractivity contribution in [2.24, 2.45) is 11.8 Å². The van der Waals surface area contributed by atoms with Gasteiger partial charge in [-0.05, 0) is 30.7 Å². The Hall–Kier alpha value is -1.29. The van der Waals surface area contributed by atoms with E-state index in [9.17, 15) is 4.79 Å². The summed E-state index contributed by atoms with van der Waals surface area (Å²) in [6.07, 6.45) is 8.13. The highest BCUT2D eigenvalue weighted by Crippen LogP contribution is 2.27. The maximum atomic E-state index is 12.0. The number of rotatable bonds is 3. The van der Waals surface area contributed by atoms with E-state index in [0.29, 0.717) is 17.2 Å². The minimum Gasteiger partial charge on any atom is -0.398 e. The Morgan fingerprint density at radius 2 is 2.32 bits per heavy atom. The molecule has 1 fully saturated rings. The molecule has 1 heterocycles. The maximum Gasteiger partial charge on any atom is 0.254 e. The number of amides is 1. The second-order valence-corrected chi connectivity index (χ2v) is 5.31. The van der Waals surface area contributed by atoms with E-state index in [1.165, 1.54) is 31.9 Å². The van der Waals surface area contributed by atoms with E-state index in [-0.39, 0.29) is 18.3 Å². The summed E-state index contributed by atoms with van der Waals surface area (Å²) < 4.78 is 0. The summed E-state index contributed by atoms with van der Waals surface area (Å²) in [4.78, 5) is 15.9. The number of nitrogens with two attached hydrogens (primary N) is 1. The Balaban J connectivity index is 0.00000180. The van der Waals surface area contributed by atoms with Gasteiger partial charge in [0.2, 0.25) is 0 Å². The second-order valence-electron chi connectivity index (χ2n) is 5.31. The van der Waals surface area contributed by atoms with Gasteiger partial charge in [0.15, 0.2) is 0 Å². The Kier molecular flexibility index (Phi) is 6.09. The normalized spacial score (nSPS) is 22.4. The minimum atomic E-state index is -0.112. The highest BCUT2D eigenvalue weighted by atomic mass is 35.5. The molecule has 2 rings (SSSR count). The fourth-order valence-electron chi connectivity index (χ4n) is 2.67. The molecular weight excluding hydrogens is 262 g/mol. The molecule has 0 bridgehead atoms. The number of pyridine rings is 1. The van der Waals surface area contributed by atoms with Gasteiger partial charge < -0.3 is 11.1 Å². The van der Waals surface area contributed by atoms with Gasteiger partial charge in [-0.25, -0.2) is 0 Å². The van der Waals surface area contributed by atoms with E-state index in [2.05, 4.69) is 17.2 Å². The van der Waals surface area contributed by atoms with Crippen molar-refractivity contribution in [3.05, 3.63) is 24.0 Å². The number of halogens is 1. The van der Waals surface area contributed by atoms with Crippen molar-refractivity contribution in [3.8, 4) is 0 Å². The number of hydrogen-bond donors (Lipinski definition) is 2. The zero-order chi connectivity index (χ0) is 13.0. The van der Waals surface area contributed by atoms with Crippen LogP contribution in [0.15, 0.2) is 18.5 Å². The van der Waals surface area contributed by atoms with Gasteiger partial charge in [-0.3, -0.25) is 9.78 Å². The van der Waals surface area contributed by atoms with Gasteiger partial charge in [0.1, 0.15) is 0 Å². The van der Waals surface area contributed by atoms with E-state index in [1.807, 2.05) is 0 Å². The van der Waals surface area contributed by atoms with Gasteiger partial charge in [0.05, 0.1) is 5.56 Å². The molecule has 2 atom stereocenters. The summed E-state index contributed by atoms with van der Waals surface area (Å²) in [6.45, 7) is 3.03. The third-order valence-corrected chi connectivity index (χ3v) is 3.70. The number of anilines is 1. The minimum absolute atomic E-state index is 0. The lowest BCUT2D eigenvalue weighted by molar-refractivity contribution is 0.0941. The molecule has 1 aliphatic carbocycles. The summed E-state index contributed by atoms with van der Waals surface area (Å²) >= 11 is 0. The second kappa shape index (κ2) is 7.34. The fourth-order valence-corrected chi connectivity index (χ4v) is 2.67. The first kappa shape index (κ1) is 15.8. The lowest BCUT2D eigenvalue weighted by Crippen LogP contribution is -2.32. The van der Waals surface area contributed by atoms with Crippen molar-refractivity contribution in [1.82, 2.24) is 10.3 Å². The number of nitrogens with one attached hydrogen (secondary N) is 1. The molecule has 1 aromatic rings. The molecule has 1 amide bonds. The summed E-state index contributed by atoms with van der Waals surface area (Å²) in [6, 6.07) is 1.65. The molecule has 1 aromatic heterocycles. The average molecular weight is 284 g/mol. The standard InChI is InChI=1S/C14H21N3O.ClH/c1-10-3-2-4-11(7-10)8-17-14(18)12-9-16-6-5-13(12)15;/h5-6,9-11H,2-4,7-8H2,1H3,(H2,15,16)(H,17,18);1H. The molecule has 1 saturated carbocycles. The highest BCUT2D eigenvalue weighted by molar-refractivity contribution is 5.98. The smallest absolute Gasteiger partial charge is 0.254 e. The van der Waals surface area contributed by atoms with Crippen LogP contribution in [0.25, 0.3) is 0 Å². The predicted octanol–water partition coefficient (Wildman–Crippen LogP) is 2.64. The fraction of sp³-hybridized carbons (Fsp3) is 0.571. The number of carbonyl (C=O) groups is 1. The number of hydrogen-bond acceptors (Lipinski definition) is 3.